The summed E-state index contributed by atoms with van der Waals surface area (Å²) in [6.07, 6.45) is 0. The number of hydrogen-bond donors (Lipinski definition) is 0. The summed E-state index contributed by atoms with van der Waals surface area (Å²) in [5.74, 6) is 0. The molecule has 0 saturated heterocycles. The number of rotatable bonds is 2. The number of alkyl halides is 1. The summed E-state index contributed by atoms with van der Waals surface area (Å²) >= 11 is 3.32. The Morgan fingerprint density at radius 1 is 1.43 bits per heavy atom. The monoisotopic (exact) mass is 255 g/mol. The lowest BCUT2D eigenvalue weighted by Crippen LogP contribution is -2.21. The number of nitrogens with zero attached hydrogens (tertiary/aromatic N) is 1. The zero-order chi connectivity index (χ0) is 10.8. The molecule has 1 nitrogen and oxygen atoms in total. The standard InChI is InChI=1S/C11H11BrFN/c1-11(2,13)10(14-3)8-6-4-5-7-9(8)12/h4-7,10H,1-2H3. The van der Waals surface area contributed by atoms with E-state index in [1.165, 1.54) is 13.8 Å². The molecule has 0 aromatic heterocycles. The van der Waals surface area contributed by atoms with Crippen molar-refractivity contribution < 1.29 is 4.39 Å². The van der Waals surface area contributed by atoms with Crippen LogP contribution in [0.1, 0.15) is 25.5 Å². The Kier molecular flexibility index (Phi) is 3.28. The van der Waals surface area contributed by atoms with Gasteiger partial charge in [0, 0.05) is 4.47 Å². The first-order chi connectivity index (χ1) is 6.46. The minimum Gasteiger partial charge on any atom is -0.305 e. The van der Waals surface area contributed by atoms with Gasteiger partial charge in [-0.25, -0.2) is 11.0 Å². The summed E-state index contributed by atoms with van der Waals surface area (Å²) in [5.41, 5.74) is -0.818. The summed E-state index contributed by atoms with van der Waals surface area (Å²) in [5, 5.41) is 0. The normalized spacial score (nSPS) is 13.4. The summed E-state index contributed by atoms with van der Waals surface area (Å²) in [7, 11) is 0. The van der Waals surface area contributed by atoms with Gasteiger partial charge in [0.2, 0.25) is 0 Å². The minimum absolute atomic E-state index is 0.704. The summed E-state index contributed by atoms with van der Waals surface area (Å²) in [6, 6.07) is 6.50. The van der Waals surface area contributed by atoms with Gasteiger partial charge >= 0.3 is 0 Å². The van der Waals surface area contributed by atoms with Crippen LogP contribution in [0.25, 0.3) is 4.85 Å². The Hall–Kier alpha value is -0.880. The van der Waals surface area contributed by atoms with E-state index in [0.717, 1.165) is 4.47 Å². The fraction of sp³-hybridized carbons (Fsp3) is 0.364. The molecule has 0 aliphatic rings. The molecule has 1 aromatic rings. The van der Waals surface area contributed by atoms with Crippen molar-refractivity contribution in [1.82, 2.24) is 0 Å². The van der Waals surface area contributed by atoms with E-state index >= 15 is 0 Å². The van der Waals surface area contributed by atoms with Crippen molar-refractivity contribution in [3.8, 4) is 0 Å². The van der Waals surface area contributed by atoms with Crippen LogP contribution >= 0.6 is 15.9 Å². The largest absolute Gasteiger partial charge is 0.305 e. The van der Waals surface area contributed by atoms with Crippen LogP contribution in [0.3, 0.4) is 0 Å². The third kappa shape index (κ3) is 2.33. The topological polar surface area (TPSA) is 4.36 Å². The first-order valence-corrected chi connectivity index (χ1v) is 5.06. The Labute approximate surface area is 91.9 Å². The zero-order valence-electron chi connectivity index (χ0n) is 8.09. The maximum Gasteiger partial charge on any atom is 0.282 e. The molecule has 0 heterocycles. The fourth-order valence-electron chi connectivity index (χ4n) is 1.29. The molecule has 0 fully saturated rings. The Bertz CT molecular complexity index is 362. The first kappa shape index (κ1) is 11.2. The van der Waals surface area contributed by atoms with E-state index in [0.29, 0.717) is 5.56 Å². The molecule has 0 N–H and O–H groups in total. The van der Waals surface area contributed by atoms with Gasteiger partial charge in [-0.15, -0.1) is 0 Å². The number of halogens is 2. The number of benzene rings is 1. The molecule has 0 aliphatic heterocycles. The van der Waals surface area contributed by atoms with Crippen molar-refractivity contribution >= 4 is 15.9 Å². The predicted molar refractivity (Wildman–Crippen MR) is 58.7 cm³/mol. The maximum atomic E-state index is 13.7. The van der Waals surface area contributed by atoms with E-state index in [2.05, 4.69) is 20.8 Å². The summed E-state index contributed by atoms with van der Waals surface area (Å²) in [4.78, 5) is 3.34. The Morgan fingerprint density at radius 3 is 2.43 bits per heavy atom. The Morgan fingerprint density at radius 2 is 2.00 bits per heavy atom. The van der Waals surface area contributed by atoms with Crippen molar-refractivity contribution in [2.24, 2.45) is 0 Å². The van der Waals surface area contributed by atoms with Crippen LogP contribution in [0, 0.1) is 6.57 Å². The van der Waals surface area contributed by atoms with Gasteiger partial charge in [-0.1, -0.05) is 34.1 Å². The zero-order valence-corrected chi connectivity index (χ0v) is 9.68. The van der Waals surface area contributed by atoms with Crippen LogP contribution in [-0.2, 0) is 0 Å². The van der Waals surface area contributed by atoms with E-state index in [1.807, 2.05) is 18.2 Å². The van der Waals surface area contributed by atoms with Gasteiger partial charge in [0.05, 0.1) is 5.56 Å². The molecule has 0 spiro atoms. The van der Waals surface area contributed by atoms with E-state index in [1.54, 1.807) is 6.07 Å². The van der Waals surface area contributed by atoms with E-state index < -0.39 is 11.7 Å². The van der Waals surface area contributed by atoms with E-state index in [-0.39, 0.29) is 0 Å². The van der Waals surface area contributed by atoms with Gasteiger partial charge in [-0.05, 0) is 19.9 Å². The smallest absolute Gasteiger partial charge is 0.282 e. The maximum absolute atomic E-state index is 13.7. The third-order valence-electron chi connectivity index (χ3n) is 1.98. The molecule has 0 bridgehead atoms. The molecule has 1 atom stereocenters. The van der Waals surface area contributed by atoms with Gasteiger partial charge in [0.1, 0.15) is 0 Å². The Balaban J connectivity index is 3.16. The molecule has 3 heteroatoms. The summed E-state index contributed by atoms with van der Waals surface area (Å²) in [6.45, 7) is 9.87. The average Bonchev–Trinajstić information content (AvgIpc) is 2.07. The van der Waals surface area contributed by atoms with Crippen LogP contribution in [0.2, 0.25) is 0 Å². The van der Waals surface area contributed by atoms with Crippen molar-refractivity contribution in [2.75, 3.05) is 0 Å². The third-order valence-corrected chi connectivity index (χ3v) is 2.70. The second-order valence-electron chi connectivity index (χ2n) is 3.62. The second-order valence-corrected chi connectivity index (χ2v) is 4.47. The number of hydrogen-bond acceptors (Lipinski definition) is 0. The minimum atomic E-state index is -1.52. The molecule has 1 rings (SSSR count). The highest BCUT2D eigenvalue weighted by atomic mass is 79.9. The van der Waals surface area contributed by atoms with Gasteiger partial charge in [-0.3, -0.25) is 0 Å². The lowest BCUT2D eigenvalue weighted by Gasteiger charge is -2.17. The lowest BCUT2D eigenvalue weighted by atomic mass is 9.94. The lowest BCUT2D eigenvalue weighted by molar-refractivity contribution is 0.192. The molecular weight excluding hydrogens is 245 g/mol. The van der Waals surface area contributed by atoms with Crippen molar-refractivity contribution in [2.45, 2.75) is 25.6 Å². The molecule has 1 unspecified atom stereocenters. The van der Waals surface area contributed by atoms with Gasteiger partial charge in [-0.2, -0.15) is 0 Å². The van der Waals surface area contributed by atoms with Crippen LogP contribution in [0.5, 0.6) is 0 Å². The van der Waals surface area contributed by atoms with Gasteiger partial charge in [0.15, 0.2) is 5.67 Å². The quantitative estimate of drug-likeness (QED) is 0.700. The highest BCUT2D eigenvalue weighted by Crippen LogP contribution is 2.36. The molecule has 1 aromatic carbocycles. The van der Waals surface area contributed by atoms with Gasteiger partial charge < -0.3 is 4.85 Å². The van der Waals surface area contributed by atoms with Crippen molar-refractivity contribution in [3.05, 3.63) is 45.7 Å². The average molecular weight is 256 g/mol. The molecule has 0 aliphatic carbocycles. The van der Waals surface area contributed by atoms with Crippen LogP contribution < -0.4 is 0 Å². The second kappa shape index (κ2) is 4.10. The fourth-order valence-corrected chi connectivity index (χ4v) is 1.79. The van der Waals surface area contributed by atoms with Crippen LogP contribution in [0.4, 0.5) is 4.39 Å². The molecule has 0 saturated carbocycles. The summed E-state index contributed by atoms with van der Waals surface area (Å²) < 4.78 is 14.5. The van der Waals surface area contributed by atoms with E-state index in [9.17, 15) is 4.39 Å². The van der Waals surface area contributed by atoms with Crippen LogP contribution in [-0.4, -0.2) is 5.67 Å². The highest BCUT2D eigenvalue weighted by molar-refractivity contribution is 9.10. The molecule has 0 radical (unpaired) electrons. The molecule has 0 amide bonds. The molecular formula is C11H11BrFN. The van der Waals surface area contributed by atoms with Gasteiger partial charge in [0.25, 0.3) is 6.04 Å². The van der Waals surface area contributed by atoms with Crippen molar-refractivity contribution in [1.29, 1.82) is 0 Å². The predicted octanol–water partition coefficient (Wildman–Crippen LogP) is 4.16. The highest BCUT2D eigenvalue weighted by Gasteiger charge is 2.37. The van der Waals surface area contributed by atoms with Crippen molar-refractivity contribution in [3.63, 3.8) is 0 Å². The molecule has 14 heavy (non-hydrogen) atoms. The van der Waals surface area contributed by atoms with E-state index in [4.69, 9.17) is 6.57 Å². The molecule has 74 valence electrons. The first-order valence-electron chi connectivity index (χ1n) is 4.26. The SMILES string of the molecule is [C-]#[N+]C(c1ccccc1Br)C(C)(C)F. The van der Waals surface area contributed by atoms with Crippen LogP contribution in [0.15, 0.2) is 28.7 Å².